The number of ether oxygens (including phenoxy) is 2. The molecule has 0 radical (unpaired) electrons. The number of fused-ring (bicyclic) bond motifs is 1. The van der Waals surface area contributed by atoms with Crippen molar-refractivity contribution in [2.75, 3.05) is 58.2 Å². The molecule has 12 heteroatoms. The lowest BCUT2D eigenvalue weighted by Gasteiger charge is -2.16. The van der Waals surface area contributed by atoms with Crippen molar-refractivity contribution in [1.29, 1.82) is 0 Å². The Kier molecular flexibility index (Phi) is 8.86. The van der Waals surface area contributed by atoms with Gasteiger partial charge in [-0.25, -0.2) is 4.98 Å². The highest BCUT2D eigenvalue weighted by Crippen LogP contribution is 2.41. The zero-order valence-corrected chi connectivity index (χ0v) is 24.0. The molecule has 0 saturated carbocycles. The lowest BCUT2D eigenvalue weighted by molar-refractivity contribution is 0.0951. The maximum Gasteiger partial charge on any atom is 0.253 e. The Morgan fingerprint density at radius 2 is 1.93 bits per heavy atom. The summed E-state index contributed by atoms with van der Waals surface area (Å²) < 4.78 is 17.5. The third-order valence-corrected chi connectivity index (χ3v) is 6.92. The van der Waals surface area contributed by atoms with Crippen LogP contribution < -0.4 is 31.6 Å². The predicted octanol–water partition coefficient (Wildman–Crippen LogP) is 3.86. The van der Waals surface area contributed by atoms with Gasteiger partial charge in [-0.15, -0.1) is 0 Å². The highest BCUT2D eigenvalue weighted by atomic mass is 35.5. The maximum absolute atomic E-state index is 13.0. The van der Waals surface area contributed by atoms with Crippen LogP contribution in [0.3, 0.4) is 0 Å². The number of anilines is 3. The van der Waals surface area contributed by atoms with E-state index in [2.05, 4.69) is 20.6 Å². The number of methoxy groups -OCH3 is 2. The number of carbonyl (C=O) groups is 1. The number of nitrogens with two attached hydrogens (primary N) is 2. The number of amides is 1. The average Bonchev–Trinajstić information content (AvgIpc) is 3.34. The van der Waals surface area contributed by atoms with E-state index in [1.807, 2.05) is 38.1 Å². The number of aromatic nitrogens is 2. The Hall–Kier alpha value is -4.22. The maximum atomic E-state index is 13.0. The second-order valence-electron chi connectivity index (χ2n) is 9.55. The van der Waals surface area contributed by atoms with Gasteiger partial charge < -0.3 is 40.9 Å². The third kappa shape index (κ3) is 6.16. The van der Waals surface area contributed by atoms with Gasteiger partial charge in [0.2, 0.25) is 11.7 Å². The van der Waals surface area contributed by atoms with Crippen LogP contribution in [-0.4, -0.2) is 62.2 Å². The molecule has 2 aromatic heterocycles. The van der Waals surface area contributed by atoms with Crippen molar-refractivity contribution in [1.82, 2.24) is 20.2 Å². The molecule has 2 heterocycles. The van der Waals surface area contributed by atoms with E-state index in [0.29, 0.717) is 63.5 Å². The number of furan rings is 1. The van der Waals surface area contributed by atoms with Gasteiger partial charge in [0, 0.05) is 41.7 Å². The van der Waals surface area contributed by atoms with Crippen LogP contribution in [0.5, 0.6) is 11.5 Å². The number of rotatable bonds is 11. The number of nitrogen functional groups attached to an aromatic ring is 2. The van der Waals surface area contributed by atoms with Crippen LogP contribution in [-0.2, 0) is 13.0 Å². The largest absolute Gasteiger partial charge is 0.493 e. The monoisotopic (exact) mass is 567 g/mol. The van der Waals surface area contributed by atoms with Crippen molar-refractivity contribution in [3.63, 3.8) is 0 Å². The Morgan fingerprint density at radius 1 is 1.15 bits per heavy atom. The van der Waals surface area contributed by atoms with Crippen molar-refractivity contribution in [3.8, 4) is 11.5 Å². The van der Waals surface area contributed by atoms with Crippen LogP contribution in [0.1, 0.15) is 32.8 Å². The number of likely N-dealkylation sites (N-methyl/N-ethyl adjacent to an activating group) is 1. The Bertz CT molecular complexity index is 1540. The van der Waals surface area contributed by atoms with Crippen LogP contribution in [0.2, 0.25) is 5.02 Å². The molecule has 212 valence electrons. The summed E-state index contributed by atoms with van der Waals surface area (Å²) >= 11 is 6.42. The molecular formula is C28H34ClN7O4. The molecule has 0 unspecified atom stereocenters. The van der Waals surface area contributed by atoms with E-state index < -0.39 is 0 Å². The van der Waals surface area contributed by atoms with E-state index in [1.54, 1.807) is 32.5 Å². The third-order valence-electron chi connectivity index (χ3n) is 6.51. The number of nitrogens with zero attached hydrogens (tertiary/aromatic N) is 3. The fraction of sp³-hybridized carbons (Fsp3) is 0.321. The van der Waals surface area contributed by atoms with Crippen LogP contribution >= 0.6 is 11.6 Å². The Labute approximate surface area is 237 Å². The molecule has 40 heavy (non-hydrogen) atoms. The van der Waals surface area contributed by atoms with Crippen LogP contribution in [0, 0.1) is 6.92 Å². The van der Waals surface area contributed by atoms with Gasteiger partial charge in [0.1, 0.15) is 11.6 Å². The topological polar surface area (TPSA) is 154 Å². The Morgan fingerprint density at radius 3 is 2.60 bits per heavy atom. The first kappa shape index (κ1) is 28.8. The van der Waals surface area contributed by atoms with Crippen molar-refractivity contribution >= 4 is 45.9 Å². The molecule has 0 saturated heterocycles. The normalized spacial score (nSPS) is 11.2. The fourth-order valence-electron chi connectivity index (χ4n) is 4.38. The summed E-state index contributed by atoms with van der Waals surface area (Å²) in [6.07, 6.45) is 2.02. The summed E-state index contributed by atoms with van der Waals surface area (Å²) in [7, 11) is 7.02. The van der Waals surface area contributed by atoms with Gasteiger partial charge in [0.15, 0.2) is 11.3 Å². The minimum Gasteiger partial charge on any atom is -0.493 e. The first-order valence-electron chi connectivity index (χ1n) is 12.6. The second-order valence-corrected chi connectivity index (χ2v) is 9.96. The Balaban J connectivity index is 1.67. The summed E-state index contributed by atoms with van der Waals surface area (Å²) in [4.78, 5) is 23.1. The first-order chi connectivity index (χ1) is 19.1. The van der Waals surface area contributed by atoms with Crippen molar-refractivity contribution in [2.24, 2.45) is 0 Å². The molecule has 1 amide bonds. The summed E-state index contributed by atoms with van der Waals surface area (Å²) in [6, 6.07) is 7.23. The number of benzene rings is 2. The van der Waals surface area contributed by atoms with Crippen LogP contribution in [0.25, 0.3) is 11.0 Å². The average molecular weight is 568 g/mol. The summed E-state index contributed by atoms with van der Waals surface area (Å²) in [5, 5.41) is 7.68. The second kappa shape index (κ2) is 12.3. The zero-order chi connectivity index (χ0) is 29.0. The number of hydrogen-bond donors (Lipinski definition) is 4. The molecule has 0 aliphatic rings. The molecule has 0 aliphatic heterocycles. The molecule has 0 atom stereocenters. The number of halogens is 1. The van der Waals surface area contributed by atoms with Gasteiger partial charge in [-0.2, -0.15) is 4.98 Å². The first-order valence-corrected chi connectivity index (χ1v) is 13.0. The highest BCUT2D eigenvalue weighted by Gasteiger charge is 2.21. The molecule has 0 fully saturated rings. The fourth-order valence-corrected chi connectivity index (χ4v) is 4.54. The number of hydrogen-bond acceptors (Lipinski definition) is 10. The van der Waals surface area contributed by atoms with Gasteiger partial charge >= 0.3 is 0 Å². The standard InChI is InChI=1S/C28H34ClN7O4/c1-15-21(29)7-6-19(27(37)32-8-9-36(2)3)23(15)33-14-18-12-20-16(10-17-13-34-28(31)35-26(17)30)11-22(38-4)25(39-5)24(20)40-18/h6-7,11-13,33H,8-10,14H2,1-5H3,(H,32,37)(H4,30,31,34,35). The molecule has 2 aromatic carbocycles. The van der Waals surface area contributed by atoms with Crippen molar-refractivity contribution in [2.45, 2.75) is 19.9 Å². The van der Waals surface area contributed by atoms with E-state index in [-0.39, 0.29) is 18.4 Å². The molecule has 4 aromatic rings. The van der Waals surface area contributed by atoms with Crippen LogP contribution in [0.15, 0.2) is 34.9 Å². The van der Waals surface area contributed by atoms with E-state index in [1.165, 1.54) is 0 Å². The van der Waals surface area contributed by atoms with Gasteiger partial charge in [0.05, 0.1) is 32.0 Å². The molecular weight excluding hydrogens is 534 g/mol. The van der Waals surface area contributed by atoms with E-state index >= 15 is 0 Å². The molecule has 0 spiro atoms. The van der Waals surface area contributed by atoms with Gasteiger partial charge in [-0.1, -0.05) is 11.6 Å². The van der Waals surface area contributed by atoms with Crippen LogP contribution in [0.4, 0.5) is 17.5 Å². The van der Waals surface area contributed by atoms with E-state index in [0.717, 1.165) is 23.1 Å². The van der Waals surface area contributed by atoms with Crippen molar-refractivity contribution < 1.29 is 18.7 Å². The van der Waals surface area contributed by atoms with Gasteiger partial charge in [-0.3, -0.25) is 4.79 Å². The van der Waals surface area contributed by atoms with Gasteiger partial charge in [0.25, 0.3) is 5.91 Å². The molecule has 11 nitrogen and oxygen atoms in total. The highest BCUT2D eigenvalue weighted by molar-refractivity contribution is 6.32. The lowest BCUT2D eigenvalue weighted by Crippen LogP contribution is -2.31. The SMILES string of the molecule is COc1cc(Cc2cnc(N)nc2N)c2cc(CNc3c(C(=O)NCCN(C)C)ccc(Cl)c3C)oc2c1OC. The van der Waals surface area contributed by atoms with E-state index in [9.17, 15) is 4.79 Å². The number of carbonyl (C=O) groups excluding carboxylic acids is 1. The summed E-state index contributed by atoms with van der Waals surface area (Å²) in [5.41, 5.74) is 15.8. The van der Waals surface area contributed by atoms with Crippen molar-refractivity contribution in [3.05, 3.63) is 63.5 Å². The quantitative estimate of drug-likeness (QED) is 0.210. The summed E-state index contributed by atoms with van der Waals surface area (Å²) in [6.45, 7) is 3.39. The lowest BCUT2D eigenvalue weighted by atomic mass is 10.0. The zero-order valence-electron chi connectivity index (χ0n) is 23.2. The summed E-state index contributed by atoms with van der Waals surface area (Å²) in [5.74, 6) is 1.81. The minimum absolute atomic E-state index is 0.109. The minimum atomic E-state index is -0.189. The predicted molar refractivity (Wildman–Crippen MR) is 157 cm³/mol. The molecule has 6 N–H and O–H groups in total. The van der Waals surface area contributed by atoms with Gasteiger partial charge in [-0.05, 0) is 56.4 Å². The molecule has 0 aliphatic carbocycles. The van der Waals surface area contributed by atoms with E-state index in [4.69, 9.17) is 37.0 Å². The molecule has 0 bridgehead atoms. The smallest absolute Gasteiger partial charge is 0.253 e. The molecule has 4 rings (SSSR count). The number of nitrogens with one attached hydrogen (secondary N) is 2.